The second-order valence-corrected chi connectivity index (χ2v) is 6.42. The fraction of sp³-hybridized carbons (Fsp3) is 0.182. The van der Waals surface area contributed by atoms with Gasteiger partial charge in [-0.1, -0.05) is 30.4 Å². The van der Waals surface area contributed by atoms with E-state index in [-0.39, 0.29) is 23.4 Å². The van der Waals surface area contributed by atoms with Crippen molar-refractivity contribution in [1.29, 1.82) is 0 Å². The highest BCUT2D eigenvalue weighted by Crippen LogP contribution is 2.36. The SMILES string of the molecule is COc1ccccc1/C=C/C=C1\Oc2cc(OC(=O)C3CC3)ccc2C1=O. The smallest absolute Gasteiger partial charge is 0.314 e. The Hall–Kier alpha value is -3.34. The molecule has 2 aromatic carbocycles. The Kier molecular flexibility index (Phi) is 4.50. The van der Waals surface area contributed by atoms with Gasteiger partial charge in [0.2, 0.25) is 5.78 Å². The summed E-state index contributed by atoms with van der Waals surface area (Å²) >= 11 is 0. The highest BCUT2D eigenvalue weighted by Gasteiger charge is 2.32. The molecule has 136 valence electrons. The monoisotopic (exact) mass is 362 g/mol. The fourth-order valence-electron chi connectivity index (χ4n) is 2.81. The maximum atomic E-state index is 12.5. The number of para-hydroxylation sites is 1. The van der Waals surface area contributed by atoms with Gasteiger partial charge in [-0.3, -0.25) is 9.59 Å². The first-order valence-corrected chi connectivity index (χ1v) is 8.75. The summed E-state index contributed by atoms with van der Waals surface area (Å²) in [5.41, 5.74) is 1.35. The number of ketones is 1. The van der Waals surface area contributed by atoms with Gasteiger partial charge in [0.1, 0.15) is 17.2 Å². The van der Waals surface area contributed by atoms with Crippen LogP contribution in [0, 0.1) is 5.92 Å². The van der Waals surface area contributed by atoms with Crippen LogP contribution < -0.4 is 14.2 Å². The third-order valence-electron chi connectivity index (χ3n) is 4.43. The molecule has 1 saturated carbocycles. The predicted molar refractivity (Wildman–Crippen MR) is 99.9 cm³/mol. The molecule has 4 rings (SSSR count). The number of ether oxygens (including phenoxy) is 3. The maximum absolute atomic E-state index is 12.5. The average molecular weight is 362 g/mol. The van der Waals surface area contributed by atoms with Crippen LogP contribution in [0.3, 0.4) is 0 Å². The first kappa shape index (κ1) is 17.1. The van der Waals surface area contributed by atoms with Gasteiger partial charge in [-0.05, 0) is 37.1 Å². The Morgan fingerprint density at radius 3 is 2.78 bits per heavy atom. The topological polar surface area (TPSA) is 61.8 Å². The second-order valence-electron chi connectivity index (χ2n) is 6.42. The summed E-state index contributed by atoms with van der Waals surface area (Å²) in [5, 5.41) is 0. The number of rotatable bonds is 5. The van der Waals surface area contributed by atoms with Gasteiger partial charge < -0.3 is 14.2 Å². The van der Waals surface area contributed by atoms with E-state index >= 15 is 0 Å². The molecule has 0 atom stereocenters. The third kappa shape index (κ3) is 3.62. The first-order chi connectivity index (χ1) is 13.2. The van der Waals surface area contributed by atoms with Crippen LogP contribution in [0.15, 0.2) is 60.4 Å². The molecule has 1 heterocycles. The van der Waals surface area contributed by atoms with Crippen molar-refractivity contribution in [2.75, 3.05) is 7.11 Å². The van der Waals surface area contributed by atoms with Gasteiger partial charge >= 0.3 is 5.97 Å². The molecule has 2 aromatic rings. The molecule has 1 aliphatic carbocycles. The largest absolute Gasteiger partial charge is 0.496 e. The maximum Gasteiger partial charge on any atom is 0.314 e. The number of Topliss-reactive ketones (excluding diaryl/α,β-unsaturated/α-hetero) is 1. The quantitative estimate of drug-likeness (QED) is 0.454. The van der Waals surface area contributed by atoms with Gasteiger partial charge in [0.05, 0.1) is 18.6 Å². The summed E-state index contributed by atoms with van der Waals surface area (Å²) in [7, 11) is 1.61. The Bertz CT molecular complexity index is 966. The van der Waals surface area contributed by atoms with Gasteiger partial charge in [0.15, 0.2) is 5.76 Å². The van der Waals surface area contributed by atoms with E-state index in [1.165, 1.54) is 0 Å². The minimum atomic E-state index is -0.227. The number of hydrogen-bond donors (Lipinski definition) is 0. The summed E-state index contributed by atoms with van der Waals surface area (Å²) in [6.45, 7) is 0. The van der Waals surface area contributed by atoms with Gasteiger partial charge in [0, 0.05) is 11.6 Å². The number of carbonyl (C=O) groups is 2. The molecule has 0 aromatic heterocycles. The lowest BCUT2D eigenvalue weighted by molar-refractivity contribution is -0.135. The van der Waals surface area contributed by atoms with Crippen LogP contribution in [0.25, 0.3) is 6.08 Å². The standard InChI is InChI=1S/C22H18O5/c1-25-18-7-3-2-5-14(18)6-4-8-19-21(23)17-12-11-16(13-20(17)27-19)26-22(24)15-9-10-15/h2-8,11-13,15H,9-10H2,1H3/b6-4+,19-8-. The zero-order valence-electron chi connectivity index (χ0n) is 14.8. The second kappa shape index (κ2) is 7.11. The van der Waals surface area contributed by atoms with E-state index < -0.39 is 0 Å². The van der Waals surface area contributed by atoms with Crippen molar-refractivity contribution in [1.82, 2.24) is 0 Å². The molecule has 5 heteroatoms. The Morgan fingerprint density at radius 2 is 2.00 bits per heavy atom. The van der Waals surface area contributed by atoms with E-state index in [0.29, 0.717) is 17.1 Å². The third-order valence-corrected chi connectivity index (χ3v) is 4.43. The minimum Gasteiger partial charge on any atom is -0.496 e. The van der Waals surface area contributed by atoms with Crippen molar-refractivity contribution in [2.24, 2.45) is 5.92 Å². The number of methoxy groups -OCH3 is 1. The van der Waals surface area contributed by atoms with Crippen LogP contribution in [0.1, 0.15) is 28.8 Å². The highest BCUT2D eigenvalue weighted by atomic mass is 16.5. The number of fused-ring (bicyclic) bond motifs is 1. The predicted octanol–water partition coefficient (Wildman–Crippen LogP) is 4.18. The van der Waals surface area contributed by atoms with E-state index in [0.717, 1.165) is 24.2 Å². The van der Waals surface area contributed by atoms with Gasteiger partial charge in [-0.2, -0.15) is 0 Å². The lowest BCUT2D eigenvalue weighted by atomic mass is 10.1. The minimum absolute atomic E-state index is 0.0105. The normalized spacial score (nSPS) is 17.1. The Balaban J connectivity index is 1.49. The molecule has 0 spiro atoms. The van der Waals surface area contributed by atoms with E-state index in [1.807, 2.05) is 30.3 Å². The van der Waals surface area contributed by atoms with Crippen LogP contribution >= 0.6 is 0 Å². The van der Waals surface area contributed by atoms with Crippen LogP contribution in [0.5, 0.6) is 17.2 Å². The van der Waals surface area contributed by atoms with Crippen molar-refractivity contribution >= 4 is 17.8 Å². The molecular formula is C22H18O5. The summed E-state index contributed by atoms with van der Waals surface area (Å²) in [6.07, 6.45) is 6.96. The van der Waals surface area contributed by atoms with Crippen molar-refractivity contribution < 1.29 is 23.8 Å². The number of carbonyl (C=O) groups excluding carboxylic acids is 2. The summed E-state index contributed by atoms with van der Waals surface area (Å²) < 4.78 is 16.3. The molecule has 1 fully saturated rings. The first-order valence-electron chi connectivity index (χ1n) is 8.75. The van der Waals surface area contributed by atoms with Crippen molar-refractivity contribution in [2.45, 2.75) is 12.8 Å². The number of benzene rings is 2. The lowest BCUT2D eigenvalue weighted by Gasteiger charge is -2.04. The van der Waals surface area contributed by atoms with Crippen LogP contribution in [-0.4, -0.2) is 18.9 Å². The molecule has 27 heavy (non-hydrogen) atoms. The molecule has 0 saturated heterocycles. The molecule has 0 amide bonds. The van der Waals surface area contributed by atoms with Crippen LogP contribution in [0.4, 0.5) is 0 Å². The summed E-state index contributed by atoms with van der Waals surface area (Å²) in [5.74, 6) is 1.35. The molecule has 0 radical (unpaired) electrons. The summed E-state index contributed by atoms with van der Waals surface area (Å²) in [6, 6.07) is 12.4. The molecule has 0 bridgehead atoms. The van der Waals surface area contributed by atoms with Crippen molar-refractivity contribution in [3.8, 4) is 17.2 Å². The van der Waals surface area contributed by atoms with Crippen LogP contribution in [0.2, 0.25) is 0 Å². The van der Waals surface area contributed by atoms with Gasteiger partial charge in [-0.25, -0.2) is 0 Å². The molecular weight excluding hydrogens is 344 g/mol. The van der Waals surface area contributed by atoms with E-state index in [2.05, 4.69) is 0 Å². The van der Waals surface area contributed by atoms with E-state index in [4.69, 9.17) is 14.2 Å². The van der Waals surface area contributed by atoms with Crippen LogP contribution in [-0.2, 0) is 4.79 Å². The number of hydrogen-bond acceptors (Lipinski definition) is 5. The molecule has 2 aliphatic rings. The van der Waals surface area contributed by atoms with Gasteiger partial charge in [-0.15, -0.1) is 0 Å². The summed E-state index contributed by atoms with van der Waals surface area (Å²) in [4.78, 5) is 24.2. The Labute approximate surface area is 156 Å². The van der Waals surface area contributed by atoms with Gasteiger partial charge in [0.25, 0.3) is 0 Å². The fourth-order valence-corrected chi connectivity index (χ4v) is 2.81. The zero-order chi connectivity index (χ0) is 18.8. The zero-order valence-corrected chi connectivity index (χ0v) is 14.8. The number of allylic oxidation sites excluding steroid dienone is 3. The molecule has 5 nitrogen and oxygen atoms in total. The van der Waals surface area contributed by atoms with Crippen molar-refractivity contribution in [3.05, 3.63) is 71.5 Å². The molecule has 0 unspecified atom stereocenters. The van der Waals surface area contributed by atoms with Crippen molar-refractivity contribution in [3.63, 3.8) is 0 Å². The lowest BCUT2D eigenvalue weighted by Crippen LogP contribution is -2.09. The molecule has 1 aliphatic heterocycles. The molecule has 0 N–H and O–H groups in total. The Morgan fingerprint density at radius 1 is 1.19 bits per heavy atom. The van der Waals surface area contributed by atoms with E-state index in [1.54, 1.807) is 37.5 Å². The van der Waals surface area contributed by atoms with E-state index in [9.17, 15) is 9.59 Å². The number of esters is 1. The highest BCUT2D eigenvalue weighted by molar-refractivity contribution is 6.12. The average Bonchev–Trinajstić information content (AvgIpc) is 3.48.